The molecule has 0 aliphatic heterocycles. The Morgan fingerprint density at radius 1 is 1.21 bits per heavy atom. The van der Waals surface area contributed by atoms with E-state index in [0.717, 1.165) is 0 Å². The van der Waals surface area contributed by atoms with Crippen LogP contribution in [-0.2, 0) is 10.0 Å². The monoisotopic (exact) mass is 346 g/mol. The lowest BCUT2D eigenvalue weighted by Crippen LogP contribution is -2.15. The average Bonchev–Trinajstić information content (AvgIpc) is 2.56. The van der Waals surface area contributed by atoms with Crippen molar-refractivity contribution < 1.29 is 17.9 Å². The van der Waals surface area contributed by atoms with E-state index in [0.29, 0.717) is 24.3 Å². The summed E-state index contributed by atoms with van der Waals surface area (Å²) in [5.74, 6) is 0.508. The zero-order valence-corrected chi connectivity index (χ0v) is 13.9. The molecule has 0 radical (unpaired) electrons. The fourth-order valence-electron chi connectivity index (χ4n) is 2.03. The maximum Gasteiger partial charge on any atom is 0.241 e. The van der Waals surface area contributed by atoms with Gasteiger partial charge in [0.25, 0.3) is 0 Å². The number of aldehydes is 1. The number of allylic oxidation sites excluding steroid dienone is 1. The standard InChI is InChI=1S/C17H18N2O4S/c1-2-3-9-19-15-10-13(12-20)11-16(24(18,21)22)17(15)23-14-7-5-4-6-8-14/h2-8,10-12,19H,9H2,1H3,(H2,18,21,22). The average molecular weight is 346 g/mol. The van der Waals surface area contributed by atoms with Gasteiger partial charge in [-0.15, -0.1) is 0 Å². The number of carbonyl (C=O) groups is 1. The smallest absolute Gasteiger partial charge is 0.241 e. The van der Waals surface area contributed by atoms with Crippen LogP contribution in [0.4, 0.5) is 5.69 Å². The Morgan fingerprint density at radius 3 is 2.50 bits per heavy atom. The van der Waals surface area contributed by atoms with E-state index >= 15 is 0 Å². The maximum atomic E-state index is 11.9. The van der Waals surface area contributed by atoms with Crippen molar-refractivity contribution in [1.29, 1.82) is 0 Å². The minimum atomic E-state index is -4.08. The van der Waals surface area contributed by atoms with Crippen LogP contribution in [0.25, 0.3) is 0 Å². The highest BCUT2D eigenvalue weighted by Crippen LogP contribution is 2.36. The van der Waals surface area contributed by atoms with Gasteiger partial charge < -0.3 is 10.1 Å². The molecule has 0 aliphatic carbocycles. The summed E-state index contributed by atoms with van der Waals surface area (Å²) >= 11 is 0. The van der Waals surface area contributed by atoms with Crippen LogP contribution in [0.15, 0.2) is 59.5 Å². The van der Waals surface area contributed by atoms with Crippen LogP contribution in [0.3, 0.4) is 0 Å². The molecule has 0 saturated heterocycles. The van der Waals surface area contributed by atoms with Gasteiger partial charge >= 0.3 is 0 Å². The van der Waals surface area contributed by atoms with Gasteiger partial charge in [0.05, 0.1) is 5.69 Å². The number of sulfonamides is 1. The molecule has 0 heterocycles. The Labute approximate surface area is 141 Å². The Balaban J connectivity index is 2.59. The molecule has 2 rings (SSSR count). The minimum Gasteiger partial charge on any atom is -0.454 e. The van der Waals surface area contributed by atoms with Gasteiger partial charge in [0.1, 0.15) is 16.9 Å². The first-order valence-corrected chi connectivity index (χ1v) is 8.74. The summed E-state index contributed by atoms with van der Waals surface area (Å²) in [6.45, 7) is 2.30. The fraction of sp³-hybridized carbons (Fsp3) is 0.118. The van der Waals surface area contributed by atoms with Crippen molar-refractivity contribution in [3.8, 4) is 11.5 Å². The number of primary sulfonamides is 1. The highest BCUT2D eigenvalue weighted by molar-refractivity contribution is 7.89. The number of ether oxygens (including phenoxy) is 1. The van der Waals surface area contributed by atoms with Crippen molar-refractivity contribution in [1.82, 2.24) is 0 Å². The third-order valence-corrected chi connectivity index (χ3v) is 4.05. The summed E-state index contributed by atoms with van der Waals surface area (Å²) in [5.41, 5.74) is 0.549. The Bertz CT molecular complexity index is 846. The van der Waals surface area contributed by atoms with Crippen LogP contribution in [0.2, 0.25) is 0 Å². The summed E-state index contributed by atoms with van der Waals surface area (Å²) < 4.78 is 29.6. The van der Waals surface area contributed by atoms with E-state index in [1.165, 1.54) is 12.1 Å². The van der Waals surface area contributed by atoms with Crippen LogP contribution in [0, 0.1) is 0 Å². The first kappa shape index (κ1) is 17.7. The topological polar surface area (TPSA) is 98.5 Å². The van der Waals surface area contributed by atoms with E-state index in [4.69, 9.17) is 9.88 Å². The third kappa shape index (κ3) is 4.43. The van der Waals surface area contributed by atoms with Crippen LogP contribution < -0.4 is 15.2 Å². The van der Waals surface area contributed by atoms with E-state index < -0.39 is 10.0 Å². The Morgan fingerprint density at radius 2 is 1.92 bits per heavy atom. The molecule has 2 aromatic carbocycles. The molecule has 0 amide bonds. The van der Waals surface area contributed by atoms with E-state index in [2.05, 4.69) is 5.32 Å². The second kappa shape index (κ2) is 7.76. The Hall–Kier alpha value is -2.64. The van der Waals surface area contributed by atoms with E-state index in [-0.39, 0.29) is 16.2 Å². The first-order valence-electron chi connectivity index (χ1n) is 7.19. The molecule has 0 spiro atoms. The number of para-hydroxylation sites is 1. The third-order valence-electron chi connectivity index (χ3n) is 3.13. The van der Waals surface area contributed by atoms with Gasteiger partial charge in [-0.05, 0) is 31.2 Å². The summed E-state index contributed by atoms with van der Waals surface area (Å²) in [6.07, 6.45) is 4.24. The lowest BCUT2D eigenvalue weighted by Gasteiger charge is -2.16. The Kier molecular flexibility index (Phi) is 5.73. The number of benzene rings is 2. The molecule has 7 heteroatoms. The zero-order chi connectivity index (χ0) is 17.6. The van der Waals surface area contributed by atoms with Gasteiger partial charge in [-0.1, -0.05) is 30.4 Å². The van der Waals surface area contributed by atoms with Crippen molar-refractivity contribution in [2.24, 2.45) is 5.14 Å². The van der Waals surface area contributed by atoms with E-state index in [1.807, 2.05) is 25.1 Å². The van der Waals surface area contributed by atoms with Crippen LogP contribution in [-0.4, -0.2) is 21.2 Å². The summed E-state index contributed by atoms with van der Waals surface area (Å²) in [5, 5.41) is 8.32. The van der Waals surface area contributed by atoms with Gasteiger partial charge in [0.2, 0.25) is 10.0 Å². The van der Waals surface area contributed by atoms with Gasteiger partial charge in [0, 0.05) is 12.1 Å². The van der Waals surface area contributed by atoms with Gasteiger partial charge in [0.15, 0.2) is 5.75 Å². The molecule has 3 N–H and O–H groups in total. The summed E-state index contributed by atoms with van der Waals surface area (Å²) in [7, 11) is -4.08. The number of nitrogens with two attached hydrogens (primary N) is 1. The van der Waals surface area contributed by atoms with Crippen LogP contribution >= 0.6 is 0 Å². The largest absolute Gasteiger partial charge is 0.454 e. The minimum absolute atomic E-state index is 0.0544. The van der Waals surface area contributed by atoms with Crippen LogP contribution in [0.1, 0.15) is 17.3 Å². The highest BCUT2D eigenvalue weighted by atomic mass is 32.2. The second-order valence-electron chi connectivity index (χ2n) is 4.92. The SMILES string of the molecule is CC=CCNc1cc(C=O)cc(S(N)(=O)=O)c1Oc1ccccc1. The molecular formula is C17H18N2O4S. The number of hydrogen-bond donors (Lipinski definition) is 2. The maximum absolute atomic E-state index is 11.9. The lowest BCUT2D eigenvalue weighted by atomic mass is 10.2. The number of carbonyl (C=O) groups excluding carboxylic acids is 1. The summed E-state index contributed by atoms with van der Waals surface area (Å²) in [4.78, 5) is 10.9. The predicted molar refractivity (Wildman–Crippen MR) is 93.0 cm³/mol. The molecule has 0 aromatic heterocycles. The highest BCUT2D eigenvalue weighted by Gasteiger charge is 2.21. The molecular weight excluding hydrogens is 328 g/mol. The molecule has 0 aliphatic rings. The van der Waals surface area contributed by atoms with Crippen molar-refractivity contribution in [2.75, 3.05) is 11.9 Å². The van der Waals surface area contributed by atoms with Gasteiger partial charge in [-0.3, -0.25) is 4.79 Å². The molecule has 0 fully saturated rings. The number of rotatable bonds is 7. The molecule has 6 nitrogen and oxygen atoms in total. The fourth-order valence-corrected chi connectivity index (χ4v) is 2.74. The molecule has 2 aromatic rings. The van der Waals surface area contributed by atoms with Crippen molar-refractivity contribution >= 4 is 22.0 Å². The lowest BCUT2D eigenvalue weighted by molar-refractivity contribution is 0.112. The second-order valence-corrected chi connectivity index (χ2v) is 6.45. The molecule has 126 valence electrons. The van der Waals surface area contributed by atoms with Crippen LogP contribution in [0.5, 0.6) is 11.5 Å². The van der Waals surface area contributed by atoms with Gasteiger partial charge in [-0.25, -0.2) is 13.6 Å². The van der Waals surface area contributed by atoms with Gasteiger partial charge in [-0.2, -0.15) is 0 Å². The van der Waals surface area contributed by atoms with E-state index in [1.54, 1.807) is 24.3 Å². The molecule has 0 unspecified atom stereocenters. The first-order chi connectivity index (χ1) is 11.5. The van der Waals surface area contributed by atoms with Crippen molar-refractivity contribution in [3.05, 3.63) is 60.2 Å². The number of hydrogen-bond acceptors (Lipinski definition) is 5. The molecule has 24 heavy (non-hydrogen) atoms. The molecule has 0 saturated carbocycles. The molecule has 0 bridgehead atoms. The quantitative estimate of drug-likeness (QED) is 0.593. The number of anilines is 1. The molecule has 0 atom stereocenters. The predicted octanol–water partition coefficient (Wildman–Crippen LogP) is 2.93. The van der Waals surface area contributed by atoms with Crippen molar-refractivity contribution in [3.63, 3.8) is 0 Å². The summed E-state index contributed by atoms with van der Waals surface area (Å²) in [6, 6.07) is 11.4. The number of nitrogens with one attached hydrogen (secondary N) is 1. The van der Waals surface area contributed by atoms with E-state index in [9.17, 15) is 13.2 Å². The zero-order valence-electron chi connectivity index (χ0n) is 13.1. The normalized spacial score (nSPS) is 11.4. The van der Waals surface area contributed by atoms with Crippen molar-refractivity contribution in [2.45, 2.75) is 11.8 Å².